The summed E-state index contributed by atoms with van der Waals surface area (Å²) in [5.74, 6) is 0.293. The number of carbonyl (C=O) groups excluding carboxylic acids is 1. The second kappa shape index (κ2) is 3.92. The van der Waals surface area contributed by atoms with Gasteiger partial charge in [-0.1, -0.05) is 0 Å². The molecule has 1 atom stereocenters. The van der Waals surface area contributed by atoms with Crippen LogP contribution in [0.4, 0.5) is 0 Å². The predicted octanol–water partition coefficient (Wildman–Crippen LogP) is 2.98. The van der Waals surface area contributed by atoms with Gasteiger partial charge in [0.05, 0.1) is 0 Å². The molecule has 16 heavy (non-hydrogen) atoms. The second-order valence-corrected chi connectivity index (χ2v) is 5.51. The standard InChI is InChI=1S/C13H16ClNO/c14-10-2-4-13-9(7-10)1-3-11-8-12(16)5-6-15(11)13/h8,10H,1-7H2. The third-order valence-corrected chi connectivity index (χ3v) is 4.21. The Morgan fingerprint density at radius 3 is 3.00 bits per heavy atom. The molecular weight excluding hydrogens is 222 g/mol. The Labute approximate surface area is 101 Å². The van der Waals surface area contributed by atoms with E-state index in [1.807, 2.05) is 6.08 Å². The molecule has 3 heteroatoms. The summed E-state index contributed by atoms with van der Waals surface area (Å²) in [4.78, 5) is 13.8. The van der Waals surface area contributed by atoms with Gasteiger partial charge in [0.15, 0.2) is 5.78 Å². The first-order chi connectivity index (χ1) is 7.74. The van der Waals surface area contributed by atoms with Crippen LogP contribution in [-0.4, -0.2) is 22.6 Å². The van der Waals surface area contributed by atoms with Crippen LogP contribution < -0.4 is 0 Å². The molecule has 0 aromatic heterocycles. The van der Waals surface area contributed by atoms with Crippen molar-refractivity contribution in [3.63, 3.8) is 0 Å². The number of hydrogen-bond acceptors (Lipinski definition) is 2. The third kappa shape index (κ3) is 1.69. The lowest BCUT2D eigenvalue weighted by molar-refractivity contribution is -0.115. The van der Waals surface area contributed by atoms with Gasteiger partial charge in [0.2, 0.25) is 0 Å². The van der Waals surface area contributed by atoms with E-state index in [0.29, 0.717) is 17.6 Å². The van der Waals surface area contributed by atoms with Crippen molar-refractivity contribution in [1.29, 1.82) is 0 Å². The molecule has 0 bridgehead atoms. The van der Waals surface area contributed by atoms with Gasteiger partial charge in [-0.25, -0.2) is 0 Å². The van der Waals surface area contributed by atoms with Crippen LogP contribution in [0.2, 0.25) is 0 Å². The normalized spacial score (nSPS) is 29.8. The molecule has 0 aromatic carbocycles. The first-order valence-electron chi connectivity index (χ1n) is 6.10. The Kier molecular flexibility index (Phi) is 2.55. The minimum absolute atomic E-state index is 0.293. The fourth-order valence-corrected chi connectivity index (χ4v) is 3.32. The predicted molar refractivity (Wildman–Crippen MR) is 64.2 cm³/mol. The molecular formula is C13H16ClNO. The monoisotopic (exact) mass is 237 g/mol. The zero-order chi connectivity index (χ0) is 11.1. The van der Waals surface area contributed by atoms with Gasteiger partial charge in [-0.15, -0.1) is 11.6 Å². The number of halogens is 1. The first kappa shape index (κ1) is 10.4. The highest BCUT2D eigenvalue weighted by Gasteiger charge is 2.30. The molecule has 0 amide bonds. The van der Waals surface area contributed by atoms with E-state index in [-0.39, 0.29) is 0 Å². The van der Waals surface area contributed by atoms with Crippen molar-refractivity contribution in [2.45, 2.75) is 43.9 Å². The Morgan fingerprint density at radius 2 is 2.12 bits per heavy atom. The van der Waals surface area contributed by atoms with Crippen LogP contribution in [0.15, 0.2) is 23.0 Å². The number of alkyl halides is 1. The van der Waals surface area contributed by atoms with Crippen molar-refractivity contribution in [3.8, 4) is 0 Å². The van der Waals surface area contributed by atoms with Crippen LogP contribution in [0.3, 0.4) is 0 Å². The van der Waals surface area contributed by atoms with Gasteiger partial charge in [0.25, 0.3) is 0 Å². The van der Waals surface area contributed by atoms with Crippen molar-refractivity contribution >= 4 is 17.4 Å². The van der Waals surface area contributed by atoms with E-state index in [4.69, 9.17) is 11.6 Å². The van der Waals surface area contributed by atoms with Gasteiger partial charge >= 0.3 is 0 Å². The summed E-state index contributed by atoms with van der Waals surface area (Å²) in [5.41, 5.74) is 4.25. The van der Waals surface area contributed by atoms with E-state index in [9.17, 15) is 4.79 Å². The minimum atomic E-state index is 0.293. The van der Waals surface area contributed by atoms with Crippen molar-refractivity contribution in [1.82, 2.24) is 4.90 Å². The van der Waals surface area contributed by atoms with Gasteiger partial charge in [-0.3, -0.25) is 4.79 Å². The van der Waals surface area contributed by atoms with Gasteiger partial charge < -0.3 is 4.90 Å². The number of carbonyl (C=O) groups is 1. The summed E-state index contributed by atoms with van der Waals surface area (Å²) in [6.45, 7) is 0.885. The molecule has 0 saturated heterocycles. The summed E-state index contributed by atoms with van der Waals surface area (Å²) < 4.78 is 0. The Hall–Kier alpha value is -0.760. The maximum absolute atomic E-state index is 11.4. The Balaban J connectivity index is 1.93. The summed E-state index contributed by atoms with van der Waals surface area (Å²) >= 11 is 6.21. The molecule has 0 fully saturated rings. The summed E-state index contributed by atoms with van der Waals surface area (Å²) in [6.07, 6.45) is 7.87. The van der Waals surface area contributed by atoms with Crippen molar-refractivity contribution in [2.75, 3.05) is 6.54 Å². The number of allylic oxidation sites excluding steroid dienone is 4. The Morgan fingerprint density at radius 1 is 1.25 bits per heavy atom. The van der Waals surface area contributed by atoms with Crippen LogP contribution >= 0.6 is 11.6 Å². The largest absolute Gasteiger partial charge is 0.348 e. The highest BCUT2D eigenvalue weighted by atomic mass is 35.5. The van der Waals surface area contributed by atoms with E-state index < -0.39 is 0 Å². The second-order valence-electron chi connectivity index (χ2n) is 4.89. The zero-order valence-electron chi connectivity index (χ0n) is 9.34. The van der Waals surface area contributed by atoms with Gasteiger partial charge in [0, 0.05) is 35.8 Å². The molecule has 2 aliphatic heterocycles. The van der Waals surface area contributed by atoms with Gasteiger partial charge in [-0.05, 0) is 37.7 Å². The van der Waals surface area contributed by atoms with Crippen molar-refractivity contribution in [3.05, 3.63) is 23.0 Å². The lowest BCUT2D eigenvalue weighted by atomic mass is 9.86. The molecule has 0 aromatic rings. The number of ketones is 1. The van der Waals surface area contributed by atoms with E-state index >= 15 is 0 Å². The molecule has 1 aliphatic carbocycles. The molecule has 3 aliphatic rings. The number of nitrogens with zero attached hydrogens (tertiary/aromatic N) is 1. The smallest absolute Gasteiger partial charge is 0.159 e. The third-order valence-electron chi connectivity index (χ3n) is 3.84. The fourth-order valence-electron chi connectivity index (χ4n) is 3.03. The maximum atomic E-state index is 11.4. The van der Waals surface area contributed by atoms with Gasteiger partial charge in [-0.2, -0.15) is 0 Å². The summed E-state index contributed by atoms with van der Waals surface area (Å²) in [7, 11) is 0. The van der Waals surface area contributed by atoms with E-state index in [1.165, 1.54) is 17.0 Å². The van der Waals surface area contributed by atoms with E-state index in [1.54, 1.807) is 0 Å². The maximum Gasteiger partial charge on any atom is 0.159 e. The molecule has 2 nitrogen and oxygen atoms in total. The Bertz CT molecular complexity index is 397. The lowest BCUT2D eigenvalue weighted by Gasteiger charge is -2.40. The highest BCUT2D eigenvalue weighted by molar-refractivity contribution is 6.20. The number of fused-ring (bicyclic) bond motifs is 2. The van der Waals surface area contributed by atoms with E-state index in [0.717, 1.165) is 38.6 Å². The van der Waals surface area contributed by atoms with Crippen molar-refractivity contribution in [2.24, 2.45) is 0 Å². The average molecular weight is 238 g/mol. The quantitative estimate of drug-likeness (QED) is 0.604. The SMILES string of the molecule is O=C1C=C2CCC3=C(CCC(Cl)C3)N2CC1. The molecule has 0 saturated carbocycles. The van der Waals surface area contributed by atoms with E-state index in [2.05, 4.69) is 4.90 Å². The number of hydrogen-bond donors (Lipinski definition) is 0. The molecule has 0 N–H and O–H groups in total. The average Bonchev–Trinajstić information content (AvgIpc) is 2.28. The van der Waals surface area contributed by atoms with Crippen molar-refractivity contribution < 1.29 is 4.79 Å². The van der Waals surface area contributed by atoms with Gasteiger partial charge in [0.1, 0.15) is 0 Å². The number of rotatable bonds is 0. The highest BCUT2D eigenvalue weighted by Crippen LogP contribution is 2.40. The first-order valence-corrected chi connectivity index (χ1v) is 6.53. The van der Waals surface area contributed by atoms with Crippen LogP contribution in [0.1, 0.15) is 38.5 Å². The summed E-state index contributed by atoms with van der Waals surface area (Å²) in [5, 5.41) is 0.329. The lowest BCUT2D eigenvalue weighted by Crippen LogP contribution is -2.35. The fraction of sp³-hybridized carbons (Fsp3) is 0.615. The topological polar surface area (TPSA) is 20.3 Å². The summed E-state index contributed by atoms with van der Waals surface area (Å²) in [6, 6.07) is 0. The van der Waals surface area contributed by atoms with Crippen LogP contribution in [-0.2, 0) is 4.79 Å². The molecule has 0 radical (unpaired) electrons. The zero-order valence-corrected chi connectivity index (χ0v) is 10.1. The molecule has 0 spiro atoms. The molecule has 1 unspecified atom stereocenters. The molecule has 2 heterocycles. The van der Waals surface area contributed by atoms with Crippen LogP contribution in [0, 0.1) is 0 Å². The van der Waals surface area contributed by atoms with Crippen LogP contribution in [0.25, 0.3) is 0 Å². The van der Waals surface area contributed by atoms with Crippen LogP contribution in [0.5, 0.6) is 0 Å². The minimum Gasteiger partial charge on any atom is -0.348 e. The molecule has 86 valence electrons. The molecule has 3 rings (SSSR count).